The molecular weight excluding hydrogens is 336 g/mol. The lowest BCUT2D eigenvalue weighted by Gasteiger charge is -2.24. The number of benzene rings is 2. The van der Waals surface area contributed by atoms with E-state index in [1.54, 1.807) is 12.1 Å². The van der Waals surface area contributed by atoms with E-state index in [2.05, 4.69) is 24.5 Å². The zero-order valence-corrected chi connectivity index (χ0v) is 17.1. The van der Waals surface area contributed by atoms with E-state index in [1.807, 2.05) is 58.0 Å². The first-order valence-corrected chi connectivity index (χ1v) is 9.48. The van der Waals surface area contributed by atoms with Crippen LogP contribution in [-0.4, -0.2) is 17.9 Å². The minimum atomic E-state index is -0.613. The maximum absolute atomic E-state index is 13.0. The van der Waals surface area contributed by atoms with Gasteiger partial charge in [0, 0.05) is 11.3 Å². The first-order valence-electron chi connectivity index (χ1n) is 9.48. The summed E-state index contributed by atoms with van der Waals surface area (Å²) in [6.45, 7) is 12.0. The van der Waals surface area contributed by atoms with Crippen LogP contribution < -0.4 is 10.6 Å². The van der Waals surface area contributed by atoms with Crippen LogP contribution in [0.2, 0.25) is 0 Å². The topological polar surface area (TPSA) is 58.2 Å². The Morgan fingerprint density at radius 3 is 2.07 bits per heavy atom. The summed E-state index contributed by atoms with van der Waals surface area (Å²) in [6, 6.07) is 12.7. The van der Waals surface area contributed by atoms with Gasteiger partial charge in [-0.2, -0.15) is 0 Å². The predicted molar refractivity (Wildman–Crippen MR) is 111 cm³/mol. The molecule has 0 radical (unpaired) electrons. The average molecular weight is 367 g/mol. The number of hydrogen-bond donors (Lipinski definition) is 2. The molecule has 2 amide bonds. The second kappa shape index (κ2) is 8.85. The van der Waals surface area contributed by atoms with E-state index < -0.39 is 6.04 Å². The Hall–Kier alpha value is -2.62. The molecule has 0 fully saturated rings. The molecule has 0 aliphatic heterocycles. The summed E-state index contributed by atoms with van der Waals surface area (Å²) >= 11 is 0. The Morgan fingerprint density at radius 1 is 0.889 bits per heavy atom. The van der Waals surface area contributed by atoms with Crippen LogP contribution in [0.25, 0.3) is 0 Å². The molecule has 1 atom stereocenters. The summed E-state index contributed by atoms with van der Waals surface area (Å²) < 4.78 is 0. The van der Waals surface area contributed by atoms with Crippen molar-refractivity contribution in [2.45, 2.75) is 53.5 Å². The van der Waals surface area contributed by atoms with Gasteiger partial charge in [-0.3, -0.25) is 9.59 Å². The molecule has 0 aliphatic carbocycles. The zero-order valence-electron chi connectivity index (χ0n) is 17.1. The molecule has 2 aromatic rings. The Morgan fingerprint density at radius 2 is 1.52 bits per heavy atom. The third-order valence-electron chi connectivity index (χ3n) is 4.72. The van der Waals surface area contributed by atoms with Crippen LogP contribution in [0.4, 0.5) is 5.69 Å². The highest BCUT2D eigenvalue weighted by Gasteiger charge is 2.26. The highest BCUT2D eigenvalue weighted by Crippen LogP contribution is 2.27. The molecule has 2 rings (SSSR count). The lowest BCUT2D eigenvalue weighted by molar-refractivity contribution is -0.118. The molecule has 0 saturated carbocycles. The Kier molecular flexibility index (Phi) is 6.78. The summed E-state index contributed by atoms with van der Waals surface area (Å²) in [5, 5.41) is 5.94. The van der Waals surface area contributed by atoms with Gasteiger partial charge in [-0.05, 0) is 48.9 Å². The molecule has 0 heterocycles. The highest BCUT2D eigenvalue weighted by molar-refractivity contribution is 6.02. The van der Waals surface area contributed by atoms with Crippen LogP contribution in [0, 0.1) is 19.8 Å². The quantitative estimate of drug-likeness (QED) is 0.770. The molecule has 2 aromatic carbocycles. The van der Waals surface area contributed by atoms with Gasteiger partial charge < -0.3 is 10.6 Å². The van der Waals surface area contributed by atoms with Crippen LogP contribution in [-0.2, 0) is 4.79 Å². The van der Waals surface area contributed by atoms with Gasteiger partial charge in [0.15, 0.2) is 0 Å². The van der Waals surface area contributed by atoms with Crippen molar-refractivity contribution in [1.82, 2.24) is 5.32 Å². The lowest BCUT2D eigenvalue weighted by Crippen LogP contribution is -2.47. The fourth-order valence-electron chi connectivity index (χ4n) is 3.01. The molecule has 1 unspecified atom stereocenters. The van der Waals surface area contributed by atoms with Crippen molar-refractivity contribution in [3.8, 4) is 0 Å². The van der Waals surface area contributed by atoms with Crippen molar-refractivity contribution < 1.29 is 9.59 Å². The van der Waals surface area contributed by atoms with E-state index >= 15 is 0 Å². The van der Waals surface area contributed by atoms with E-state index in [0.717, 1.165) is 22.4 Å². The minimum absolute atomic E-state index is 0.0362. The van der Waals surface area contributed by atoms with E-state index in [-0.39, 0.29) is 17.7 Å². The van der Waals surface area contributed by atoms with Gasteiger partial charge in [-0.25, -0.2) is 0 Å². The molecule has 27 heavy (non-hydrogen) atoms. The number of carbonyl (C=O) groups is 2. The predicted octanol–water partition coefficient (Wildman–Crippen LogP) is 4.82. The van der Waals surface area contributed by atoms with Crippen LogP contribution in [0.1, 0.15) is 60.7 Å². The molecule has 144 valence electrons. The molecule has 0 spiro atoms. The van der Waals surface area contributed by atoms with Crippen LogP contribution in [0.5, 0.6) is 0 Å². The van der Waals surface area contributed by atoms with Crippen molar-refractivity contribution in [3.63, 3.8) is 0 Å². The first kappa shape index (κ1) is 20.7. The fourth-order valence-corrected chi connectivity index (χ4v) is 3.01. The van der Waals surface area contributed by atoms with Crippen molar-refractivity contribution in [2.75, 3.05) is 5.32 Å². The third kappa shape index (κ3) is 5.19. The van der Waals surface area contributed by atoms with Crippen molar-refractivity contribution >= 4 is 17.5 Å². The first-order chi connectivity index (χ1) is 12.7. The summed E-state index contributed by atoms with van der Waals surface area (Å²) in [5.41, 5.74) is 4.59. The number of amides is 2. The number of para-hydroxylation sites is 1. The smallest absolute Gasteiger partial charge is 0.251 e. The van der Waals surface area contributed by atoms with E-state index in [1.165, 1.54) is 0 Å². The van der Waals surface area contributed by atoms with E-state index in [4.69, 9.17) is 0 Å². The van der Waals surface area contributed by atoms with Gasteiger partial charge in [0.05, 0.1) is 0 Å². The third-order valence-corrected chi connectivity index (χ3v) is 4.72. The minimum Gasteiger partial charge on any atom is -0.340 e. The van der Waals surface area contributed by atoms with Gasteiger partial charge in [0.2, 0.25) is 5.91 Å². The molecule has 4 nitrogen and oxygen atoms in total. The Labute approximate surface area is 162 Å². The molecular formula is C23H30N2O2. The summed E-state index contributed by atoms with van der Waals surface area (Å²) in [6.07, 6.45) is 0. The average Bonchev–Trinajstić information content (AvgIpc) is 2.61. The number of nitrogens with one attached hydrogen (secondary N) is 2. The summed E-state index contributed by atoms with van der Waals surface area (Å²) in [7, 11) is 0. The molecule has 0 aromatic heterocycles. The summed E-state index contributed by atoms with van der Waals surface area (Å²) in [4.78, 5) is 25.6. The number of aryl methyl sites for hydroxylation is 2. The second-order valence-electron chi connectivity index (χ2n) is 7.74. The Balaban J connectivity index is 2.21. The van der Waals surface area contributed by atoms with Crippen LogP contribution in [0.3, 0.4) is 0 Å². The standard InChI is InChI=1S/C23H30N2O2/c1-14(2)19-9-7-8-17(6)21(19)25-23(27)20(15(3)4)24-22(26)18-12-10-16(5)11-13-18/h7-15,20H,1-6H3,(H,24,26)(H,25,27). The summed E-state index contributed by atoms with van der Waals surface area (Å²) in [5.74, 6) is -0.176. The van der Waals surface area contributed by atoms with Gasteiger partial charge in [-0.15, -0.1) is 0 Å². The lowest BCUT2D eigenvalue weighted by atomic mass is 9.97. The van der Waals surface area contributed by atoms with Crippen molar-refractivity contribution in [3.05, 3.63) is 64.7 Å². The monoisotopic (exact) mass is 366 g/mol. The second-order valence-corrected chi connectivity index (χ2v) is 7.74. The number of hydrogen-bond acceptors (Lipinski definition) is 2. The number of carbonyl (C=O) groups excluding carboxylic acids is 2. The van der Waals surface area contributed by atoms with E-state index in [9.17, 15) is 9.59 Å². The molecule has 0 aliphatic rings. The van der Waals surface area contributed by atoms with Crippen molar-refractivity contribution in [2.24, 2.45) is 5.92 Å². The SMILES string of the molecule is Cc1ccc(C(=O)NC(C(=O)Nc2c(C)cccc2C(C)C)C(C)C)cc1. The maximum atomic E-state index is 13.0. The molecule has 0 saturated heterocycles. The molecule has 0 bridgehead atoms. The highest BCUT2D eigenvalue weighted by atomic mass is 16.2. The molecule has 2 N–H and O–H groups in total. The Bertz CT molecular complexity index is 808. The van der Waals surface area contributed by atoms with Crippen molar-refractivity contribution in [1.29, 1.82) is 0 Å². The maximum Gasteiger partial charge on any atom is 0.251 e. The zero-order chi connectivity index (χ0) is 20.1. The van der Waals surface area contributed by atoms with Gasteiger partial charge in [0.25, 0.3) is 5.91 Å². The molecule has 4 heteroatoms. The van der Waals surface area contributed by atoms with E-state index in [0.29, 0.717) is 11.5 Å². The van der Waals surface area contributed by atoms with Crippen LogP contribution >= 0.6 is 0 Å². The fraction of sp³-hybridized carbons (Fsp3) is 0.391. The van der Waals surface area contributed by atoms with Gasteiger partial charge >= 0.3 is 0 Å². The number of rotatable bonds is 6. The van der Waals surface area contributed by atoms with Gasteiger partial charge in [-0.1, -0.05) is 63.6 Å². The van der Waals surface area contributed by atoms with Gasteiger partial charge in [0.1, 0.15) is 6.04 Å². The normalized spacial score (nSPS) is 12.1. The number of anilines is 1. The largest absolute Gasteiger partial charge is 0.340 e. The van der Waals surface area contributed by atoms with Crippen LogP contribution in [0.15, 0.2) is 42.5 Å².